The van der Waals surface area contributed by atoms with Crippen molar-refractivity contribution in [3.63, 3.8) is 0 Å². The highest BCUT2D eigenvalue weighted by molar-refractivity contribution is 5.61. The third-order valence-corrected chi connectivity index (χ3v) is 2.07. The van der Waals surface area contributed by atoms with Crippen LogP contribution in [0, 0.1) is 0 Å². The van der Waals surface area contributed by atoms with Gasteiger partial charge in [0.05, 0.1) is 7.11 Å². The Balaban J connectivity index is 1.97. The Morgan fingerprint density at radius 2 is 2.24 bits per heavy atom. The number of nitrogens with one attached hydrogen (secondary N) is 1. The zero-order chi connectivity index (χ0) is 12.1. The fourth-order valence-electron chi connectivity index (χ4n) is 1.31. The number of rotatable bonds is 5. The van der Waals surface area contributed by atoms with Crippen molar-refractivity contribution >= 4 is 11.6 Å². The first kappa shape index (κ1) is 11.1. The lowest BCUT2D eigenvalue weighted by molar-refractivity contribution is 0.379. The van der Waals surface area contributed by atoms with Crippen molar-refractivity contribution in [2.24, 2.45) is 0 Å². The van der Waals surface area contributed by atoms with Gasteiger partial charge in [-0.3, -0.25) is 0 Å². The van der Waals surface area contributed by atoms with Gasteiger partial charge in [-0.15, -0.1) is 0 Å². The molecule has 0 spiro atoms. The molecule has 2 rings (SSSR count). The van der Waals surface area contributed by atoms with Gasteiger partial charge in [0.15, 0.2) is 18.0 Å². The first-order chi connectivity index (χ1) is 8.31. The lowest BCUT2D eigenvalue weighted by Crippen LogP contribution is -2.09. The molecular weight excluding hydrogens is 224 g/mol. The molecule has 8 nitrogen and oxygen atoms in total. The van der Waals surface area contributed by atoms with Crippen LogP contribution in [0.3, 0.4) is 0 Å². The summed E-state index contributed by atoms with van der Waals surface area (Å²) in [6.45, 7) is 0.578. The van der Waals surface area contributed by atoms with E-state index in [0.717, 1.165) is 0 Å². The molecule has 0 radical (unpaired) electrons. The van der Waals surface area contributed by atoms with E-state index < -0.39 is 0 Å². The van der Waals surface area contributed by atoms with Gasteiger partial charge in [0.2, 0.25) is 11.6 Å². The summed E-state index contributed by atoms with van der Waals surface area (Å²) >= 11 is 0. The van der Waals surface area contributed by atoms with E-state index in [2.05, 4.69) is 25.4 Å². The van der Waals surface area contributed by atoms with Gasteiger partial charge in [-0.2, -0.15) is 4.98 Å². The Hall–Kier alpha value is -2.38. The highest BCUT2D eigenvalue weighted by atomic mass is 16.5. The summed E-state index contributed by atoms with van der Waals surface area (Å²) in [4.78, 5) is 11.8. The number of nitrogen functional groups attached to an aromatic ring is 1. The standard InChI is InChI=1S/C9H12N6O2/c1-16-7-8(10)13-4-14-9(7)11-3-2-6-12-5-15-17-6/h4-5H,2-3H2,1H3,(H3,10,11,13,14). The third kappa shape index (κ3) is 2.60. The predicted molar refractivity (Wildman–Crippen MR) is 59.5 cm³/mol. The van der Waals surface area contributed by atoms with Crippen LogP contribution in [0.2, 0.25) is 0 Å². The molecule has 90 valence electrons. The lowest BCUT2D eigenvalue weighted by atomic mass is 10.4. The van der Waals surface area contributed by atoms with E-state index in [1.807, 2.05) is 0 Å². The normalized spacial score (nSPS) is 10.2. The van der Waals surface area contributed by atoms with Crippen molar-refractivity contribution in [1.29, 1.82) is 0 Å². The van der Waals surface area contributed by atoms with Gasteiger partial charge in [0, 0.05) is 13.0 Å². The largest absolute Gasteiger partial charge is 0.490 e. The van der Waals surface area contributed by atoms with Crippen LogP contribution < -0.4 is 15.8 Å². The Labute approximate surface area is 97.2 Å². The minimum Gasteiger partial charge on any atom is -0.490 e. The first-order valence-corrected chi connectivity index (χ1v) is 4.95. The van der Waals surface area contributed by atoms with Gasteiger partial charge >= 0.3 is 0 Å². The summed E-state index contributed by atoms with van der Waals surface area (Å²) in [6, 6.07) is 0. The highest BCUT2D eigenvalue weighted by Crippen LogP contribution is 2.25. The second kappa shape index (κ2) is 5.10. The molecule has 2 aromatic heterocycles. The molecule has 17 heavy (non-hydrogen) atoms. The average Bonchev–Trinajstić information content (AvgIpc) is 2.82. The second-order valence-electron chi connectivity index (χ2n) is 3.15. The number of nitrogens with two attached hydrogens (primary N) is 1. The fourth-order valence-corrected chi connectivity index (χ4v) is 1.31. The molecule has 0 saturated heterocycles. The Kier molecular flexibility index (Phi) is 3.34. The van der Waals surface area contributed by atoms with Crippen LogP contribution >= 0.6 is 0 Å². The number of ether oxygens (including phenoxy) is 1. The maximum Gasteiger partial charge on any atom is 0.228 e. The SMILES string of the molecule is COc1c(N)ncnc1NCCc1ncno1. The van der Waals surface area contributed by atoms with Gasteiger partial charge in [0.25, 0.3) is 0 Å². The van der Waals surface area contributed by atoms with Crippen LogP contribution in [-0.2, 0) is 6.42 Å². The van der Waals surface area contributed by atoms with Crippen molar-refractivity contribution in [2.75, 3.05) is 24.7 Å². The molecule has 8 heteroatoms. The molecule has 0 amide bonds. The molecule has 2 aromatic rings. The van der Waals surface area contributed by atoms with Gasteiger partial charge in [0.1, 0.15) is 6.33 Å². The smallest absolute Gasteiger partial charge is 0.228 e. The molecule has 0 aliphatic carbocycles. The number of aromatic nitrogens is 4. The molecule has 0 bridgehead atoms. The molecule has 0 aliphatic rings. The maximum atomic E-state index is 5.64. The van der Waals surface area contributed by atoms with Crippen LogP contribution in [0.5, 0.6) is 5.75 Å². The van der Waals surface area contributed by atoms with Crippen LogP contribution in [0.4, 0.5) is 11.6 Å². The van der Waals surface area contributed by atoms with Gasteiger partial charge < -0.3 is 20.3 Å². The number of hydrogen-bond donors (Lipinski definition) is 2. The van der Waals surface area contributed by atoms with E-state index in [0.29, 0.717) is 36.2 Å². The lowest BCUT2D eigenvalue weighted by Gasteiger charge is -2.09. The van der Waals surface area contributed by atoms with E-state index >= 15 is 0 Å². The number of nitrogens with zero attached hydrogens (tertiary/aromatic N) is 4. The van der Waals surface area contributed by atoms with E-state index in [9.17, 15) is 0 Å². The summed E-state index contributed by atoms with van der Waals surface area (Å²) in [5, 5.41) is 6.57. The summed E-state index contributed by atoms with van der Waals surface area (Å²) in [7, 11) is 1.51. The number of anilines is 2. The van der Waals surface area contributed by atoms with Gasteiger partial charge in [-0.1, -0.05) is 5.16 Å². The molecule has 0 aliphatic heterocycles. The van der Waals surface area contributed by atoms with E-state index in [4.69, 9.17) is 15.0 Å². The minimum atomic E-state index is 0.294. The Bertz CT molecular complexity index is 472. The van der Waals surface area contributed by atoms with Crippen LogP contribution in [-0.4, -0.2) is 33.8 Å². The van der Waals surface area contributed by atoms with Crippen LogP contribution in [0.25, 0.3) is 0 Å². The van der Waals surface area contributed by atoms with Crippen molar-refractivity contribution in [1.82, 2.24) is 20.1 Å². The zero-order valence-electron chi connectivity index (χ0n) is 9.25. The quantitative estimate of drug-likeness (QED) is 0.751. The number of methoxy groups -OCH3 is 1. The van der Waals surface area contributed by atoms with Crippen molar-refractivity contribution in [3.05, 3.63) is 18.5 Å². The average molecular weight is 236 g/mol. The topological polar surface area (TPSA) is 112 Å². The molecule has 0 atom stereocenters. The molecular formula is C9H12N6O2. The van der Waals surface area contributed by atoms with Crippen molar-refractivity contribution in [3.8, 4) is 5.75 Å². The summed E-state index contributed by atoms with van der Waals surface area (Å²) in [5.41, 5.74) is 5.64. The van der Waals surface area contributed by atoms with Crippen LogP contribution in [0.15, 0.2) is 17.2 Å². The molecule has 0 aromatic carbocycles. The molecule has 0 fully saturated rings. The second-order valence-corrected chi connectivity index (χ2v) is 3.15. The molecule has 0 saturated carbocycles. The van der Waals surface area contributed by atoms with Gasteiger partial charge in [-0.25, -0.2) is 9.97 Å². The monoisotopic (exact) mass is 236 g/mol. The summed E-state index contributed by atoms with van der Waals surface area (Å²) in [6.07, 6.45) is 3.32. The summed E-state index contributed by atoms with van der Waals surface area (Å²) in [5.74, 6) is 1.82. The fraction of sp³-hybridized carbons (Fsp3) is 0.333. The van der Waals surface area contributed by atoms with Crippen molar-refractivity contribution in [2.45, 2.75) is 6.42 Å². The van der Waals surface area contributed by atoms with Crippen LogP contribution in [0.1, 0.15) is 5.89 Å². The minimum absolute atomic E-state index is 0.294. The van der Waals surface area contributed by atoms with E-state index in [1.165, 1.54) is 19.8 Å². The van der Waals surface area contributed by atoms with Gasteiger partial charge in [-0.05, 0) is 0 Å². The molecule has 3 N–H and O–H groups in total. The molecule has 0 unspecified atom stereocenters. The zero-order valence-corrected chi connectivity index (χ0v) is 9.25. The van der Waals surface area contributed by atoms with Crippen molar-refractivity contribution < 1.29 is 9.26 Å². The Morgan fingerprint density at radius 3 is 2.94 bits per heavy atom. The summed E-state index contributed by atoms with van der Waals surface area (Å²) < 4.78 is 9.96. The maximum absolute atomic E-state index is 5.64. The van der Waals surface area contributed by atoms with E-state index in [-0.39, 0.29) is 0 Å². The highest BCUT2D eigenvalue weighted by Gasteiger charge is 2.09. The first-order valence-electron chi connectivity index (χ1n) is 4.95. The Morgan fingerprint density at radius 1 is 1.35 bits per heavy atom. The number of hydrogen-bond acceptors (Lipinski definition) is 8. The predicted octanol–water partition coefficient (Wildman–Crippen LogP) is 0.105. The van der Waals surface area contributed by atoms with E-state index in [1.54, 1.807) is 0 Å². The molecule has 2 heterocycles. The third-order valence-electron chi connectivity index (χ3n) is 2.07.